The Bertz CT molecular complexity index is 3200. The molecular formula is C70H92F2N4O17. The summed E-state index contributed by atoms with van der Waals surface area (Å²) in [6, 6.07) is 21.0. The first kappa shape index (κ1) is 72.8. The van der Waals surface area contributed by atoms with Gasteiger partial charge < -0.3 is 47.9 Å². The number of hydrogen-bond donors (Lipinski definition) is 0. The number of carbonyl (C=O) groups is 9. The molecule has 4 aliphatic rings. The fourth-order valence-corrected chi connectivity index (χ4v) is 12.4. The van der Waals surface area contributed by atoms with Gasteiger partial charge in [0, 0.05) is 60.2 Å². The van der Waals surface area contributed by atoms with E-state index in [-0.39, 0.29) is 50.2 Å². The summed E-state index contributed by atoms with van der Waals surface area (Å²) in [5.74, 6) is -10.4. The van der Waals surface area contributed by atoms with Gasteiger partial charge in [0.2, 0.25) is 0 Å². The van der Waals surface area contributed by atoms with Crippen molar-refractivity contribution in [2.45, 2.75) is 203 Å². The normalized spacial score (nSPS) is 18.8. The lowest BCUT2D eigenvalue weighted by molar-refractivity contribution is -0.291. The van der Waals surface area contributed by atoms with Crippen LogP contribution in [0.5, 0.6) is 0 Å². The predicted molar refractivity (Wildman–Crippen MR) is 337 cm³/mol. The first-order chi connectivity index (χ1) is 43.6. The number of nitrogens with zero attached hydrogens (tertiary/aromatic N) is 4. The maximum absolute atomic E-state index is 17.5. The van der Waals surface area contributed by atoms with Crippen molar-refractivity contribution in [3.63, 3.8) is 0 Å². The van der Waals surface area contributed by atoms with Gasteiger partial charge >= 0.3 is 30.0 Å². The molecular weight excluding hydrogens is 1210 g/mol. The summed E-state index contributed by atoms with van der Waals surface area (Å²) in [6.45, 7) is 15.4. The highest BCUT2D eigenvalue weighted by Crippen LogP contribution is 2.49. The van der Waals surface area contributed by atoms with E-state index in [1.165, 1.54) is 76.7 Å². The Morgan fingerprint density at radius 2 is 1.25 bits per heavy atom. The molecule has 3 fully saturated rings. The number of likely N-dealkylation sites (N-methyl/N-ethyl adjacent to an activating group) is 4. The second-order valence-corrected chi connectivity index (χ2v) is 27.2. The molecule has 1 saturated heterocycles. The third-order valence-corrected chi connectivity index (χ3v) is 18.2. The van der Waals surface area contributed by atoms with E-state index in [1.807, 2.05) is 18.2 Å². The molecule has 2 saturated carbocycles. The molecule has 0 bridgehead atoms. The summed E-state index contributed by atoms with van der Waals surface area (Å²) in [6.07, 6.45) is -1.83. The molecule has 7 rings (SSSR count). The number of aldehydes is 1. The van der Waals surface area contributed by atoms with Crippen molar-refractivity contribution in [1.82, 2.24) is 19.6 Å². The minimum absolute atomic E-state index is 0.00187. The van der Waals surface area contributed by atoms with E-state index in [1.54, 1.807) is 87.5 Å². The predicted octanol–water partition coefficient (Wildman–Crippen LogP) is 9.30. The van der Waals surface area contributed by atoms with Crippen LogP contribution in [0.1, 0.15) is 160 Å². The lowest BCUT2D eigenvalue weighted by Crippen LogP contribution is -2.68. The third-order valence-electron chi connectivity index (χ3n) is 18.2. The summed E-state index contributed by atoms with van der Waals surface area (Å²) >= 11 is 0. The number of ether oxygens (including phenoxy) is 6. The van der Waals surface area contributed by atoms with E-state index in [0.717, 1.165) is 49.1 Å². The van der Waals surface area contributed by atoms with Crippen LogP contribution in [0.2, 0.25) is 0 Å². The van der Waals surface area contributed by atoms with Crippen LogP contribution in [0, 0.1) is 5.92 Å². The van der Waals surface area contributed by atoms with Crippen LogP contribution in [0.15, 0.2) is 84.9 Å². The molecule has 2 aliphatic carbocycles. The zero-order valence-electron chi connectivity index (χ0n) is 56.1. The molecule has 0 N–H and O–H groups in total. The number of alkyl halides is 2. The quantitative estimate of drug-likeness (QED) is 0.0216. The van der Waals surface area contributed by atoms with Crippen molar-refractivity contribution in [2.24, 2.45) is 5.92 Å². The van der Waals surface area contributed by atoms with E-state index in [9.17, 15) is 28.8 Å². The lowest BCUT2D eigenvalue weighted by atomic mass is 9.64. The number of benzene rings is 3. The first-order valence-corrected chi connectivity index (χ1v) is 31.8. The number of rotatable bonds is 28. The Labute approximate surface area is 543 Å². The highest BCUT2D eigenvalue weighted by molar-refractivity contribution is 5.97. The molecule has 0 aromatic heterocycles. The van der Waals surface area contributed by atoms with Crippen LogP contribution in [0.4, 0.5) is 13.6 Å². The van der Waals surface area contributed by atoms with Crippen LogP contribution in [0.3, 0.4) is 0 Å². The van der Waals surface area contributed by atoms with E-state index < -0.39 is 124 Å². The Balaban J connectivity index is 1.16. The van der Waals surface area contributed by atoms with Gasteiger partial charge in [0.05, 0.1) is 19.1 Å². The zero-order chi connectivity index (χ0) is 68.6. The maximum atomic E-state index is 17.5. The Morgan fingerprint density at radius 1 is 0.677 bits per heavy atom. The minimum atomic E-state index is -2.55. The van der Waals surface area contributed by atoms with Crippen LogP contribution < -0.4 is 0 Å². The van der Waals surface area contributed by atoms with Crippen LogP contribution in [0.25, 0.3) is 5.57 Å². The molecule has 0 spiro atoms. The summed E-state index contributed by atoms with van der Waals surface area (Å²) in [4.78, 5) is 144. The van der Waals surface area contributed by atoms with Gasteiger partial charge in [-0.1, -0.05) is 91.9 Å². The fourth-order valence-electron chi connectivity index (χ4n) is 12.4. The van der Waals surface area contributed by atoms with Crippen molar-refractivity contribution in [1.29, 1.82) is 0 Å². The smallest absolute Gasteiger partial charge is 0.410 e. The molecule has 0 radical (unpaired) electrons. The molecule has 93 heavy (non-hydrogen) atoms. The molecule has 2 aliphatic heterocycles. The molecule has 2 heterocycles. The molecule has 3 aromatic rings. The van der Waals surface area contributed by atoms with E-state index in [4.69, 9.17) is 38.2 Å². The second kappa shape index (κ2) is 29.8. The van der Waals surface area contributed by atoms with Crippen molar-refractivity contribution in [2.75, 3.05) is 54.6 Å². The molecule has 3 aromatic carbocycles. The second-order valence-electron chi connectivity index (χ2n) is 27.2. The largest absolute Gasteiger partial charge is 0.451 e. The number of amides is 4. The van der Waals surface area contributed by atoms with E-state index in [0.29, 0.717) is 50.3 Å². The summed E-state index contributed by atoms with van der Waals surface area (Å²) in [7, 11) is 5.06. The Kier molecular flexibility index (Phi) is 23.3. The van der Waals surface area contributed by atoms with Gasteiger partial charge in [-0.15, -0.1) is 0 Å². The van der Waals surface area contributed by atoms with Crippen LogP contribution in [-0.4, -0.2) is 186 Å². The number of halogens is 2. The Morgan fingerprint density at radius 3 is 1.76 bits per heavy atom. The van der Waals surface area contributed by atoms with Gasteiger partial charge in [0.15, 0.2) is 23.9 Å². The van der Waals surface area contributed by atoms with Gasteiger partial charge in [-0.05, 0) is 147 Å². The average Bonchev–Trinajstić information content (AvgIpc) is 1.60. The van der Waals surface area contributed by atoms with Gasteiger partial charge in [-0.2, -0.15) is 4.89 Å². The third kappa shape index (κ3) is 17.2. The summed E-state index contributed by atoms with van der Waals surface area (Å²) in [5.41, 5.74) is -7.02. The van der Waals surface area contributed by atoms with Gasteiger partial charge in [0.1, 0.15) is 47.0 Å². The van der Waals surface area contributed by atoms with Crippen molar-refractivity contribution in [3.8, 4) is 0 Å². The van der Waals surface area contributed by atoms with E-state index >= 15 is 23.2 Å². The SMILES string of the molecule is CC(C=O)[C@@](C(=O)OOCc1ccccc1)(C(c1ccc(C2=CCOCC2)cc1)C(C)(C)F)N(C)C(=O)[C@@H](C)OC(=O)C1(N(C)C(=O)[C@@H](Cc2ccc(C3CCOCC3)cc2)OC(=O)[C@H](CC(C)(C)F)N(C)C(=O)[C@@H](C)OC(=O)C2(N(C)C(=O)OC(C)(C)C)CC2)CC1. The van der Waals surface area contributed by atoms with Crippen LogP contribution in [-0.2, 0) is 89.6 Å². The van der Waals surface area contributed by atoms with Crippen molar-refractivity contribution in [3.05, 3.63) is 113 Å². The summed E-state index contributed by atoms with van der Waals surface area (Å²) < 4.78 is 67.6. The molecule has 2 unspecified atom stereocenters. The highest BCUT2D eigenvalue weighted by Gasteiger charge is 2.64. The lowest BCUT2D eigenvalue weighted by Gasteiger charge is -2.50. The summed E-state index contributed by atoms with van der Waals surface area (Å²) in [5, 5.41) is 0. The topological polar surface area (TPSA) is 240 Å². The molecule has 4 amide bonds. The molecule has 508 valence electrons. The number of carbonyl (C=O) groups excluding carboxylic acids is 9. The number of hydrogen-bond acceptors (Lipinski definition) is 17. The van der Waals surface area contributed by atoms with Crippen molar-refractivity contribution < 1.29 is 90.1 Å². The molecule has 7 atom stereocenters. The van der Waals surface area contributed by atoms with Gasteiger partial charge in [-0.25, -0.2) is 32.8 Å². The van der Waals surface area contributed by atoms with E-state index in [2.05, 4.69) is 0 Å². The van der Waals surface area contributed by atoms with Crippen molar-refractivity contribution >= 4 is 59.6 Å². The van der Waals surface area contributed by atoms with Crippen LogP contribution >= 0.6 is 0 Å². The standard InChI is InChI=1S/C70H92F2N4O17/c1-44(42-77)70(63(84)93-88-43-48-18-16-15-17-19-48,56(67(9,10)72)53-26-24-50(25-27-53)52-30-38-87-39-31-52)75(13)58(79)46(3)90-61(82)68(32-33-68)74(12)59(80)55(40-47-20-22-49(23-21-47)51-28-36-86-37-29-51)91-60(81)54(41-66(7,8)71)73(11)57(78)45(2)89-62(83)69(34-35-69)76(14)64(85)92-65(4,5)6/h15-27,30,42,44-46,51,54-56H,28-29,31-41,43H2,1-14H3/t44?,45-,46-,54+,55-,56?,70+/m1/s1. The fraction of sp³-hybridized carbons (Fsp3) is 0.586. The van der Waals surface area contributed by atoms with Gasteiger partial charge in [0.25, 0.3) is 17.7 Å². The van der Waals surface area contributed by atoms with Gasteiger partial charge in [-0.3, -0.25) is 24.2 Å². The first-order valence-electron chi connectivity index (χ1n) is 31.8. The Hall–Kier alpha value is -7.63. The monoisotopic (exact) mass is 1300 g/mol. The highest BCUT2D eigenvalue weighted by atomic mass is 19.1. The average molecular weight is 1300 g/mol. The molecule has 23 heteroatoms. The molecule has 21 nitrogen and oxygen atoms in total. The zero-order valence-corrected chi connectivity index (χ0v) is 56.1. The minimum Gasteiger partial charge on any atom is -0.451 e. The maximum Gasteiger partial charge on any atom is 0.410 e. The number of esters is 3.